The zero-order chi connectivity index (χ0) is 21.1. The van der Waals surface area contributed by atoms with Crippen LogP contribution >= 0.6 is 11.6 Å². The fourth-order valence-corrected chi connectivity index (χ4v) is 3.08. The average molecular weight is 411 g/mol. The lowest BCUT2D eigenvalue weighted by Gasteiger charge is -2.34. The highest BCUT2D eigenvalue weighted by Crippen LogP contribution is 2.24. The Kier molecular flexibility index (Phi) is 6.80. The molecule has 1 fully saturated rings. The third-order valence-electron chi connectivity index (χ3n) is 4.32. The van der Waals surface area contributed by atoms with E-state index in [1.165, 1.54) is 6.20 Å². The number of hydrogen-bond acceptors (Lipinski definition) is 4. The molecule has 1 saturated heterocycles. The second-order valence-electron chi connectivity index (χ2n) is 9.27. The SMILES string of the molecule is CC(C)(C)NC(=O)NC(C(=O)N1CCC(Oc2ccc(Cl)cn2)C1)C(C)(C)C. The lowest BCUT2D eigenvalue weighted by atomic mass is 9.86. The second-order valence-corrected chi connectivity index (χ2v) is 9.71. The van der Waals surface area contributed by atoms with E-state index >= 15 is 0 Å². The molecule has 0 aliphatic carbocycles. The highest BCUT2D eigenvalue weighted by molar-refractivity contribution is 6.30. The average Bonchev–Trinajstić information content (AvgIpc) is 3.00. The summed E-state index contributed by atoms with van der Waals surface area (Å²) < 4.78 is 5.86. The number of urea groups is 1. The fourth-order valence-electron chi connectivity index (χ4n) is 2.97. The van der Waals surface area contributed by atoms with Crippen molar-refractivity contribution >= 4 is 23.5 Å². The van der Waals surface area contributed by atoms with Crippen LogP contribution in [0.25, 0.3) is 0 Å². The zero-order valence-corrected chi connectivity index (χ0v) is 18.3. The monoisotopic (exact) mass is 410 g/mol. The molecule has 0 spiro atoms. The van der Waals surface area contributed by atoms with E-state index in [0.717, 1.165) is 0 Å². The third-order valence-corrected chi connectivity index (χ3v) is 4.54. The number of rotatable bonds is 4. The van der Waals surface area contributed by atoms with Crippen LogP contribution in [0.4, 0.5) is 4.79 Å². The maximum atomic E-state index is 13.1. The van der Waals surface area contributed by atoms with Gasteiger partial charge in [-0.15, -0.1) is 0 Å². The molecule has 2 N–H and O–H groups in total. The van der Waals surface area contributed by atoms with Crippen molar-refractivity contribution in [3.63, 3.8) is 0 Å². The van der Waals surface area contributed by atoms with Crippen LogP contribution in [0.2, 0.25) is 5.02 Å². The molecule has 0 aromatic carbocycles. The van der Waals surface area contributed by atoms with Crippen LogP contribution in [0.15, 0.2) is 18.3 Å². The molecule has 1 aromatic heterocycles. The minimum Gasteiger partial charge on any atom is -0.472 e. The van der Waals surface area contributed by atoms with Crippen LogP contribution in [0.3, 0.4) is 0 Å². The quantitative estimate of drug-likeness (QED) is 0.798. The normalized spacial score (nSPS) is 18.5. The van der Waals surface area contributed by atoms with Crippen molar-refractivity contribution in [1.82, 2.24) is 20.5 Å². The number of pyridine rings is 1. The van der Waals surface area contributed by atoms with Crippen molar-refractivity contribution in [2.24, 2.45) is 5.41 Å². The molecule has 156 valence electrons. The van der Waals surface area contributed by atoms with Gasteiger partial charge in [0.25, 0.3) is 0 Å². The zero-order valence-electron chi connectivity index (χ0n) is 17.5. The second kappa shape index (κ2) is 8.55. The number of ether oxygens (including phenoxy) is 1. The first-order chi connectivity index (χ1) is 12.8. The minimum absolute atomic E-state index is 0.105. The molecule has 1 aromatic rings. The molecule has 2 atom stereocenters. The Morgan fingerprint density at radius 1 is 1.25 bits per heavy atom. The number of hydrogen-bond donors (Lipinski definition) is 2. The first-order valence-corrected chi connectivity index (χ1v) is 9.88. The summed E-state index contributed by atoms with van der Waals surface area (Å²) in [5, 5.41) is 6.25. The Morgan fingerprint density at radius 2 is 1.93 bits per heavy atom. The molecular formula is C20H31ClN4O3. The smallest absolute Gasteiger partial charge is 0.315 e. The van der Waals surface area contributed by atoms with Crippen molar-refractivity contribution in [2.45, 2.75) is 65.6 Å². The van der Waals surface area contributed by atoms with Crippen molar-refractivity contribution in [2.75, 3.05) is 13.1 Å². The molecule has 2 unspecified atom stereocenters. The first-order valence-electron chi connectivity index (χ1n) is 9.51. The highest BCUT2D eigenvalue weighted by atomic mass is 35.5. The molecule has 7 nitrogen and oxygen atoms in total. The molecular weight excluding hydrogens is 380 g/mol. The van der Waals surface area contributed by atoms with Gasteiger partial charge in [0, 0.05) is 30.8 Å². The van der Waals surface area contributed by atoms with Gasteiger partial charge in [-0.2, -0.15) is 0 Å². The Bertz CT molecular complexity index is 695. The van der Waals surface area contributed by atoms with E-state index in [9.17, 15) is 9.59 Å². The maximum absolute atomic E-state index is 13.1. The summed E-state index contributed by atoms with van der Waals surface area (Å²) in [4.78, 5) is 31.3. The molecule has 1 aliphatic heterocycles. The van der Waals surface area contributed by atoms with E-state index in [-0.39, 0.29) is 23.6 Å². The molecule has 8 heteroatoms. The van der Waals surface area contributed by atoms with Crippen LogP contribution in [-0.2, 0) is 4.79 Å². The van der Waals surface area contributed by atoms with E-state index in [1.54, 1.807) is 17.0 Å². The predicted octanol–water partition coefficient (Wildman–Crippen LogP) is 3.23. The van der Waals surface area contributed by atoms with E-state index in [4.69, 9.17) is 16.3 Å². The van der Waals surface area contributed by atoms with E-state index in [2.05, 4.69) is 15.6 Å². The number of aromatic nitrogens is 1. The van der Waals surface area contributed by atoms with E-state index in [0.29, 0.717) is 30.4 Å². The lowest BCUT2D eigenvalue weighted by molar-refractivity contribution is -0.135. The first kappa shape index (κ1) is 22.3. The number of nitrogens with one attached hydrogen (secondary N) is 2. The lowest BCUT2D eigenvalue weighted by Crippen LogP contribution is -2.58. The van der Waals surface area contributed by atoms with Gasteiger partial charge < -0.3 is 20.3 Å². The van der Waals surface area contributed by atoms with E-state index in [1.807, 2.05) is 41.5 Å². The molecule has 0 bridgehead atoms. The molecule has 2 rings (SSSR count). The Balaban J connectivity index is 2.00. The van der Waals surface area contributed by atoms with Crippen molar-refractivity contribution in [1.29, 1.82) is 0 Å². The van der Waals surface area contributed by atoms with Crippen LogP contribution in [0.1, 0.15) is 48.0 Å². The maximum Gasteiger partial charge on any atom is 0.315 e. The standard InChI is InChI=1S/C20H31ClN4O3/c1-19(2,3)16(23-18(27)24-20(4,5)6)17(26)25-10-9-14(12-25)28-15-8-7-13(21)11-22-15/h7-8,11,14,16H,9-10,12H2,1-6H3,(H2,23,24,27). The van der Waals surface area contributed by atoms with Gasteiger partial charge in [-0.25, -0.2) is 9.78 Å². The number of amides is 3. The summed E-state index contributed by atoms with van der Waals surface area (Å²) in [6.07, 6.45) is 2.10. The summed E-state index contributed by atoms with van der Waals surface area (Å²) >= 11 is 5.84. The van der Waals surface area contributed by atoms with Gasteiger partial charge in [-0.3, -0.25) is 4.79 Å². The van der Waals surface area contributed by atoms with Crippen molar-refractivity contribution in [3.8, 4) is 5.88 Å². The Morgan fingerprint density at radius 3 is 2.46 bits per heavy atom. The third kappa shape index (κ3) is 6.55. The topological polar surface area (TPSA) is 83.6 Å². The van der Waals surface area contributed by atoms with Crippen LogP contribution in [-0.4, -0.2) is 52.6 Å². The van der Waals surface area contributed by atoms with Crippen molar-refractivity contribution in [3.05, 3.63) is 23.4 Å². The number of likely N-dealkylation sites (tertiary alicyclic amines) is 1. The van der Waals surface area contributed by atoms with Gasteiger partial charge in [-0.05, 0) is 32.3 Å². The number of nitrogens with zero attached hydrogens (tertiary/aromatic N) is 2. The van der Waals surface area contributed by atoms with Crippen LogP contribution in [0, 0.1) is 5.41 Å². The minimum atomic E-state index is -0.637. The van der Waals surface area contributed by atoms with Crippen molar-refractivity contribution < 1.29 is 14.3 Å². The molecule has 3 amide bonds. The molecule has 1 aliphatic rings. The van der Waals surface area contributed by atoms with Crippen LogP contribution in [0.5, 0.6) is 5.88 Å². The summed E-state index contributed by atoms with van der Waals surface area (Å²) in [6, 6.07) is 2.44. The summed E-state index contributed by atoms with van der Waals surface area (Å²) in [5.74, 6) is 0.380. The molecule has 0 saturated carbocycles. The van der Waals surface area contributed by atoms with E-state index < -0.39 is 11.5 Å². The highest BCUT2D eigenvalue weighted by Gasteiger charge is 2.39. The predicted molar refractivity (Wildman–Crippen MR) is 110 cm³/mol. The van der Waals surface area contributed by atoms with Gasteiger partial charge in [0.05, 0.1) is 11.6 Å². The summed E-state index contributed by atoms with van der Waals surface area (Å²) in [7, 11) is 0. The molecule has 2 heterocycles. The molecule has 28 heavy (non-hydrogen) atoms. The van der Waals surface area contributed by atoms with Gasteiger partial charge in [0.2, 0.25) is 11.8 Å². The van der Waals surface area contributed by atoms with Gasteiger partial charge in [-0.1, -0.05) is 32.4 Å². The number of carbonyl (C=O) groups is 2. The van der Waals surface area contributed by atoms with Gasteiger partial charge >= 0.3 is 6.03 Å². The Labute approximate surface area is 172 Å². The number of carbonyl (C=O) groups excluding carboxylic acids is 2. The largest absolute Gasteiger partial charge is 0.472 e. The molecule has 0 radical (unpaired) electrons. The summed E-state index contributed by atoms with van der Waals surface area (Å²) in [5.41, 5.74) is -0.809. The van der Waals surface area contributed by atoms with Gasteiger partial charge in [0.15, 0.2) is 0 Å². The number of halogens is 1. The van der Waals surface area contributed by atoms with Crippen LogP contribution < -0.4 is 15.4 Å². The van der Waals surface area contributed by atoms with Gasteiger partial charge in [0.1, 0.15) is 12.1 Å². The Hall–Kier alpha value is -2.02. The summed E-state index contributed by atoms with van der Waals surface area (Å²) in [6.45, 7) is 12.5. The fraction of sp³-hybridized carbons (Fsp3) is 0.650.